The van der Waals surface area contributed by atoms with Gasteiger partial charge < -0.3 is 5.11 Å². The number of benzene rings is 2. The number of aliphatic imine (C=N–C) groups is 1. The van der Waals surface area contributed by atoms with Crippen molar-refractivity contribution in [3.8, 4) is 0 Å². The smallest absolute Gasteiger partial charge is 0.108 e. The van der Waals surface area contributed by atoms with Gasteiger partial charge in [0.25, 0.3) is 0 Å². The second-order valence-corrected chi connectivity index (χ2v) is 7.01. The summed E-state index contributed by atoms with van der Waals surface area (Å²) in [5.74, 6) is 0. The van der Waals surface area contributed by atoms with E-state index in [1.165, 1.54) is 0 Å². The van der Waals surface area contributed by atoms with E-state index in [0.717, 1.165) is 23.3 Å². The summed E-state index contributed by atoms with van der Waals surface area (Å²) in [7, 11) is 0. The van der Waals surface area contributed by atoms with Gasteiger partial charge >= 0.3 is 0 Å². The van der Waals surface area contributed by atoms with Crippen molar-refractivity contribution in [1.82, 2.24) is 4.98 Å². The van der Waals surface area contributed by atoms with E-state index in [-0.39, 0.29) is 0 Å². The number of nitrogens with zero attached hydrogens (tertiary/aromatic N) is 2. The first-order valence-corrected chi connectivity index (χ1v) is 11.1. The molecule has 0 bridgehead atoms. The Bertz CT molecular complexity index is 894. The van der Waals surface area contributed by atoms with Gasteiger partial charge in [-0.05, 0) is 25.3 Å². The van der Waals surface area contributed by atoms with Crippen LogP contribution in [0, 0.1) is 0 Å². The molecule has 0 radical (unpaired) electrons. The van der Waals surface area contributed by atoms with Gasteiger partial charge in [-0.25, -0.2) is 4.99 Å². The van der Waals surface area contributed by atoms with Crippen LogP contribution in [0.3, 0.4) is 0 Å². The number of rotatable bonds is 4. The highest BCUT2D eigenvalue weighted by molar-refractivity contribution is 6.31. The van der Waals surface area contributed by atoms with E-state index in [4.69, 9.17) is 16.6 Å². The van der Waals surface area contributed by atoms with Crippen LogP contribution in [0.25, 0.3) is 0 Å². The Morgan fingerprint density at radius 1 is 0.900 bits per heavy atom. The molecule has 0 aliphatic heterocycles. The van der Waals surface area contributed by atoms with Crippen molar-refractivity contribution < 1.29 is 5.11 Å². The van der Waals surface area contributed by atoms with Crippen LogP contribution in [-0.2, 0) is 5.60 Å². The highest BCUT2D eigenvalue weighted by Gasteiger charge is 2.39. The maximum Gasteiger partial charge on any atom is 0.108 e. The predicted octanol–water partition coefficient (Wildman–Crippen LogP) is 7.33. The lowest BCUT2D eigenvalue weighted by molar-refractivity contribution is -0.0424. The number of halogens is 1. The van der Waals surface area contributed by atoms with Crippen LogP contribution in [0.2, 0.25) is 5.02 Å². The van der Waals surface area contributed by atoms with Crippen LogP contribution in [0.5, 0.6) is 0 Å². The van der Waals surface area contributed by atoms with Gasteiger partial charge in [-0.2, -0.15) is 0 Å². The maximum atomic E-state index is 10.5. The SMILES string of the molecule is CC.CC.OC1(c2ncc(N=C(c3ccccc3)c3ccccc3)cc2Cl)CCC1. The molecule has 158 valence electrons. The molecule has 1 N–H and O–H groups in total. The van der Waals surface area contributed by atoms with Gasteiger partial charge in [0.15, 0.2) is 0 Å². The first-order valence-electron chi connectivity index (χ1n) is 10.7. The Kier molecular flexibility index (Phi) is 9.22. The van der Waals surface area contributed by atoms with Crippen molar-refractivity contribution in [2.45, 2.75) is 52.6 Å². The topological polar surface area (TPSA) is 45.5 Å². The summed E-state index contributed by atoms with van der Waals surface area (Å²) in [6.07, 6.45) is 4.10. The fourth-order valence-electron chi connectivity index (χ4n) is 3.20. The Morgan fingerprint density at radius 2 is 1.40 bits per heavy atom. The number of pyridine rings is 1. The van der Waals surface area contributed by atoms with Crippen LogP contribution in [0.4, 0.5) is 5.69 Å². The van der Waals surface area contributed by atoms with Crippen molar-refractivity contribution >= 4 is 23.0 Å². The summed E-state index contributed by atoms with van der Waals surface area (Å²) in [6.45, 7) is 8.00. The molecule has 1 heterocycles. The molecule has 1 saturated carbocycles. The van der Waals surface area contributed by atoms with Crippen LogP contribution in [-0.4, -0.2) is 15.8 Å². The van der Waals surface area contributed by atoms with Crippen LogP contribution in [0.15, 0.2) is 77.9 Å². The average Bonchev–Trinajstić information content (AvgIpc) is 2.80. The molecule has 2 aromatic carbocycles. The number of aromatic nitrogens is 1. The summed E-state index contributed by atoms with van der Waals surface area (Å²) in [6, 6.07) is 21.9. The lowest BCUT2D eigenvalue weighted by atomic mass is 9.77. The minimum Gasteiger partial charge on any atom is -0.383 e. The molecule has 4 rings (SSSR count). The van der Waals surface area contributed by atoms with Crippen molar-refractivity contribution in [2.24, 2.45) is 4.99 Å². The number of hydrogen-bond acceptors (Lipinski definition) is 3. The molecule has 1 aliphatic carbocycles. The second-order valence-electron chi connectivity index (χ2n) is 6.60. The predicted molar refractivity (Wildman–Crippen MR) is 128 cm³/mol. The molecule has 3 aromatic rings. The minimum atomic E-state index is -0.874. The molecule has 4 heteroatoms. The van der Waals surface area contributed by atoms with E-state index >= 15 is 0 Å². The third-order valence-electron chi connectivity index (χ3n) is 4.78. The van der Waals surface area contributed by atoms with E-state index < -0.39 is 5.60 Å². The van der Waals surface area contributed by atoms with Gasteiger partial charge in [-0.1, -0.05) is 100.0 Å². The van der Waals surface area contributed by atoms with Crippen molar-refractivity contribution in [1.29, 1.82) is 0 Å². The molecule has 0 unspecified atom stereocenters. The summed E-state index contributed by atoms with van der Waals surface area (Å²) in [5, 5.41) is 11.0. The fourth-order valence-corrected chi connectivity index (χ4v) is 3.53. The molecule has 1 aromatic heterocycles. The van der Waals surface area contributed by atoms with Crippen molar-refractivity contribution in [2.75, 3.05) is 0 Å². The van der Waals surface area contributed by atoms with Gasteiger partial charge in [0.05, 0.1) is 28.3 Å². The first-order chi connectivity index (χ1) is 14.7. The molecular weight excluding hydrogens is 392 g/mol. The monoisotopic (exact) mass is 422 g/mol. The standard InChI is InChI=1S/C22H19ClN2O.2C2H6/c23-19-14-18(15-24-21(19)22(26)12-7-13-22)25-20(16-8-3-1-4-9-16)17-10-5-2-6-11-17;2*1-2/h1-6,8-11,14-15,26H,7,12-13H2;2*1-2H3. The van der Waals surface area contributed by atoms with Gasteiger partial charge in [0, 0.05) is 11.1 Å². The molecule has 30 heavy (non-hydrogen) atoms. The van der Waals surface area contributed by atoms with Crippen molar-refractivity contribution in [3.63, 3.8) is 0 Å². The van der Waals surface area contributed by atoms with E-state index in [1.807, 2.05) is 88.4 Å². The zero-order chi connectivity index (χ0) is 22.0. The quantitative estimate of drug-likeness (QED) is 0.447. The number of hydrogen-bond donors (Lipinski definition) is 1. The Labute approximate surface area is 185 Å². The fraction of sp³-hybridized carbons (Fsp3) is 0.308. The highest BCUT2D eigenvalue weighted by Crippen LogP contribution is 2.43. The molecular formula is C26H31ClN2O. The van der Waals surface area contributed by atoms with Crippen LogP contribution >= 0.6 is 11.6 Å². The minimum absolute atomic E-state index is 0.467. The van der Waals surface area contributed by atoms with E-state index in [1.54, 1.807) is 12.3 Å². The van der Waals surface area contributed by atoms with Gasteiger partial charge in [0.2, 0.25) is 0 Å². The van der Waals surface area contributed by atoms with Crippen LogP contribution < -0.4 is 0 Å². The Morgan fingerprint density at radius 3 is 1.80 bits per heavy atom. The lowest BCUT2D eigenvalue weighted by Crippen LogP contribution is -2.34. The summed E-state index contributed by atoms with van der Waals surface area (Å²) in [5.41, 5.74) is 3.27. The second kappa shape index (κ2) is 11.6. The number of aliphatic hydroxyl groups is 1. The molecule has 0 atom stereocenters. The largest absolute Gasteiger partial charge is 0.383 e. The van der Waals surface area contributed by atoms with Crippen molar-refractivity contribution in [3.05, 3.63) is 94.8 Å². The third kappa shape index (κ3) is 5.56. The molecule has 1 aliphatic rings. The normalized spacial score (nSPS) is 13.5. The van der Waals surface area contributed by atoms with E-state index in [0.29, 0.717) is 29.2 Å². The summed E-state index contributed by atoms with van der Waals surface area (Å²) >= 11 is 6.41. The van der Waals surface area contributed by atoms with Crippen LogP contribution in [0.1, 0.15) is 63.8 Å². The van der Waals surface area contributed by atoms with E-state index in [9.17, 15) is 5.11 Å². The molecule has 0 amide bonds. The van der Waals surface area contributed by atoms with Gasteiger partial charge in [0.1, 0.15) is 5.60 Å². The zero-order valence-corrected chi connectivity index (χ0v) is 19.0. The highest BCUT2D eigenvalue weighted by atomic mass is 35.5. The molecule has 3 nitrogen and oxygen atoms in total. The lowest BCUT2D eigenvalue weighted by Gasteiger charge is -2.36. The van der Waals surface area contributed by atoms with E-state index in [2.05, 4.69) is 4.98 Å². The molecule has 1 fully saturated rings. The van der Waals surface area contributed by atoms with Gasteiger partial charge in [-0.3, -0.25) is 4.98 Å². The molecule has 0 spiro atoms. The zero-order valence-electron chi connectivity index (χ0n) is 18.3. The van der Waals surface area contributed by atoms with Gasteiger partial charge in [-0.15, -0.1) is 0 Å². The third-order valence-corrected chi connectivity index (χ3v) is 5.07. The summed E-state index contributed by atoms with van der Waals surface area (Å²) < 4.78 is 0. The average molecular weight is 423 g/mol. The Balaban J connectivity index is 0.000000757. The molecule has 0 saturated heterocycles. The summed E-state index contributed by atoms with van der Waals surface area (Å²) in [4.78, 5) is 9.24. The maximum absolute atomic E-state index is 10.5. The first kappa shape index (κ1) is 23.8. The Hall–Kier alpha value is -2.49.